The number of amides is 1. The topological polar surface area (TPSA) is 57.2 Å². The van der Waals surface area contributed by atoms with Gasteiger partial charge in [-0.05, 0) is 18.6 Å². The predicted octanol–water partition coefficient (Wildman–Crippen LogP) is 4.58. The summed E-state index contributed by atoms with van der Waals surface area (Å²) in [4.78, 5) is 12.6. The minimum Gasteiger partial charge on any atom is -0.382 e. The van der Waals surface area contributed by atoms with E-state index in [1.165, 1.54) is 4.90 Å². The van der Waals surface area contributed by atoms with Crippen LogP contribution in [0.15, 0.2) is 30.3 Å². The number of rotatable bonds is 14. The first-order valence-electron chi connectivity index (χ1n) is 9.54. The Bertz CT molecular complexity index is 573. The maximum absolute atomic E-state index is 13.5. The molecule has 0 aliphatic rings. The minimum atomic E-state index is -2.69. The summed E-state index contributed by atoms with van der Waals surface area (Å²) >= 11 is 0. The molecule has 28 heavy (non-hydrogen) atoms. The van der Waals surface area contributed by atoms with Gasteiger partial charge in [0.05, 0.1) is 13.2 Å². The fraction of sp³-hybridized carbons (Fsp3) is 0.632. The van der Waals surface area contributed by atoms with Crippen LogP contribution in [-0.2, 0) is 18.0 Å². The van der Waals surface area contributed by atoms with E-state index in [-0.39, 0.29) is 0 Å². The molecule has 1 rings (SSSR count). The molecule has 1 aromatic rings. The Morgan fingerprint density at radius 2 is 1.64 bits per heavy atom. The first-order valence-corrected chi connectivity index (χ1v) is 14.9. The number of para-hydroxylation sites is 1. The van der Waals surface area contributed by atoms with Crippen LogP contribution in [-0.4, -0.2) is 64.1 Å². The normalized spacial score (nSPS) is 12.2. The van der Waals surface area contributed by atoms with Crippen molar-refractivity contribution in [2.75, 3.05) is 46.0 Å². The zero-order valence-electron chi connectivity index (χ0n) is 17.7. The molecule has 0 spiro atoms. The molecule has 0 radical (unpaired) electrons. The summed E-state index contributed by atoms with van der Waals surface area (Å²) in [6.45, 7) is 5.89. The number of nitrogens with zero attached hydrogens (tertiary/aromatic N) is 1. The van der Waals surface area contributed by atoms with Crippen LogP contribution in [0.5, 0.6) is 0 Å². The van der Waals surface area contributed by atoms with E-state index in [1.807, 2.05) is 6.07 Å². The average molecular weight is 432 g/mol. The van der Waals surface area contributed by atoms with Crippen molar-refractivity contribution in [2.45, 2.75) is 37.6 Å². The van der Waals surface area contributed by atoms with E-state index in [1.54, 1.807) is 45.6 Å². The van der Waals surface area contributed by atoms with Crippen LogP contribution in [0.3, 0.4) is 0 Å². The number of anilines is 1. The number of benzene rings is 1. The monoisotopic (exact) mass is 431 g/mol. The molecule has 160 valence electrons. The third kappa shape index (κ3) is 8.50. The molecule has 0 heterocycles. The van der Waals surface area contributed by atoms with Gasteiger partial charge in [-0.25, -0.2) is 4.79 Å². The fourth-order valence-corrected chi connectivity index (χ4v) is 9.66. The number of carbonyl (C=O) groups is 1. The second-order valence-electron chi connectivity index (χ2n) is 7.44. The molecule has 0 bridgehead atoms. The summed E-state index contributed by atoms with van der Waals surface area (Å²) in [5.74, 6) is 0. The van der Waals surface area contributed by atoms with Crippen LogP contribution in [0, 0.1) is 0 Å². The van der Waals surface area contributed by atoms with Crippen molar-refractivity contribution in [3.8, 4) is 0 Å². The highest BCUT2D eigenvalue weighted by atomic mass is 28.4. The van der Waals surface area contributed by atoms with Gasteiger partial charge in [0.1, 0.15) is 0 Å². The van der Waals surface area contributed by atoms with E-state index in [2.05, 4.69) is 13.1 Å². The van der Waals surface area contributed by atoms with Crippen molar-refractivity contribution in [3.63, 3.8) is 0 Å². The van der Waals surface area contributed by atoms with Crippen molar-refractivity contribution < 1.29 is 27.2 Å². The standard InChI is InChI=1S/C19H34FNO5Si2/c1-23-13-14-26-28(24-2,25-3)17-16-27(4,5)15-9-12-21(19(20)22)18-10-7-6-8-11-18/h6-8,10-11H,9,12-17H2,1-5H3. The van der Waals surface area contributed by atoms with Crippen LogP contribution in [0.25, 0.3) is 0 Å². The number of methoxy groups -OCH3 is 1. The van der Waals surface area contributed by atoms with Gasteiger partial charge in [0, 0.05) is 47.7 Å². The molecule has 6 nitrogen and oxygen atoms in total. The molecule has 0 aliphatic heterocycles. The summed E-state index contributed by atoms with van der Waals surface area (Å²) in [5.41, 5.74) is 0.589. The number of carbonyl (C=O) groups excluding carboxylic acids is 1. The maximum atomic E-state index is 13.5. The van der Waals surface area contributed by atoms with Crippen LogP contribution in [0.1, 0.15) is 6.42 Å². The van der Waals surface area contributed by atoms with Crippen molar-refractivity contribution in [3.05, 3.63) is 30.3 Å². The van der Waals surface area contributed by atoms with Crippen molar-refractivity contribution >= 4 is 28.7 Å². The summed E-state index contributed by atoms with van der Waals surface area (Å²) in [6, 6.07) is 11.6. The second-order valence-corrected chi connectivity index (χ2v) is 15.7. The number of ether oxygens (including phenoxy) is 1. The van der Waals surface area contributed by atoms with Gasteiger partial charge in [0.2, 0.25) is 0 Å². The van der Waals surface area contributed by atoms with E-state index in [0.29, 0.717) is 25.4 Å². The van der Waals surface area contributed by atoms with Crippen molar-refractivity contribution in [1.82, 2.24) is 0 Å². The Balaban J connectivity index is 2.56. The largest absolute Gasteiger partial charge is 0.500 e. The SMILES string of the molecule is COCCO[Si](CC[Si](C)(C)CCCN(C(=O)F)c1ccccc1)(OC)OC. The summed E-state index contributed by atoms with van der Waals surface area (Å²) in [5, 5.41) is 0. The van der Waals surface area contributed by atoms with Gasteiger partial charge in [-0.1, -0.05) is 43.4 Å². The van der Waals surface area contributed by atoms with E-state index in [0.717, 1.165) is 24.6 Å². The van der Waals surface area contributed by atoms with Crippen molar-refractivity contribution in [1.29, 1.82) is 0 Å². The van der Waals surface area contributed by atoms with Gasteiger partial charge in [0.25, 0.3) is 0 Å². The van der Waals surface area contributed by atoms with E-state index >= 15 is 0 Å². The highest BCUT2D eigenvalue weighted by Gasteiger charge is 2.40. The Hall–Kier alpha value is -1.11. The van der Waals surface area contributed by atoms with Gasteiger partial charge in [-0.15, -0.1) is 4.39 Å². The molecule has 0 saturated heterocycles. The highest BCUT2D eigenvalue weighted by Crippen LogP contribution is 2.27. The molecule has 9 heteroatoms. The maximum Gasteiger partial charge on any atom is 0.500 e. The number of hydrogen-bond acceptors (Lipinski definition) is 5. The van der Waals surface area contributed by atoms with E-state index in [4.69, 9.17) is 18.0 Å². The van der Waals surface area contributed by atoms with Gasteiger partial charge < -0.3 is 18.0 Å². The van der Waals surface area contributed by atoms with Crippen LogP contribution in [0.2, 0.25) is 31.2 Å². The molecule has 0 atom stereocenters. The molecule has 1 amide bonds. The fourth-order valence-electron chi connectivity index (χ4n) is 3.02. The van der Waals surface area contributed by atoms with Crippen LogP contribution < -0.4 is 4.90 Å². The molecule has 0 N–H and O–H groups in total. The first kappa shape index (κ1) is 24.9. The Morgan fingerprint density at radius 3 is 2.18 bits per heavy atom. The Labute approximate surface area is 170 Å². The zero-order chi connectivity index (χ0) is 21.0. The predicted molar refractivity (Wildman–Crippen MR) is 114 cm³/mol. The second kappa shape index (κ2) is 12.5. The molecular formula is C19H34FNO5Si2. The van der Waals surface area contributed by atoms with E-state index in [9.17, 15) is 9.18 Å². The lowest BCUT2D eigenvalue weighted by atomic mass is 10.3. The molecule has 0 aromatic heterocycles. The first-order chi connectivity index (χ1) is 13.3. The Kier molecular flexibility index (Phi) is 11.1. The lowest BCUT2D eigenvalue weighted by molar-refractivity contribution is 0.0670. The molecular weight excluding hydrogens is 397 g/mol. The van der Waals surface area contributed by atoms with Crippen LogP contribution in [0.4, 0.5) is 14.9 Å². The lowest BCUT2D eigenvalue weighted by Gasteiger charge is -2.30. The number of hydrogen-bond donors (Lipinski definition) is 0. The zero-order valence-corrected chi connectivity index (χ0v) is 19.7. The number of halogens is 1. The summed E-state index contributed by atoms with van der Waals surface area (Å²) < 4.78 is 35.6. The van der Waals surface area contributed by atoms with Gasteiger partial charge in [-0.2, -0.15) is 0 Å². The summed E-state index contributed by atoms with van der Waals surface area (Å²) in [6.07, 6.45) is -0.662. The molecule has 0 saturated carbocycles. The van der Waals surface area contributed by atoms with E-state index < -0.39 is 23.0 Å². The molecule has 0 fully saturated rings. The molecule has 1 aromatic carbocycles. The average Bonchev–Trinajstić information content (AvgIpc) is 2.68. The molecule has 0 aliphatic carbocycles. The molecule has 0 unspecified atom stereocenters. The summed E-state index contributed by atoms with van der Waals surface area (Å²) in [7, 11) is 0.597. The lowest BCUT2D eigenvalue weighted by Crippen LogP contribution is -2.46. The minimum absolute atomic E-state index is 0.372. The van der Waals surface area contributed by atoms with Crippen LogP contribution >= 0.6 is 0 Å². The quantitative estimate of drug-likeness (QED) is 0.187. The van der Waals surface area contributed by atoms with Crippen molar-refractivity contribution in [2.24, 2.45) is 0 Å². The Morgan fingerprint density at radius 1 is 1.00 bits per heavy atom. The highest BCUT2D eigenvalue weighted by molar-refractivity contribution is 6.79. The smallest absolute Gasteiger partial charge is 0.382 e. The third-order valence-electron chi connectivity index (χ3n) is 4.85. The third-order valence-corrected chi connectivity index (χ3v) is 11.4. The van der Waals surface area contributed by atoms with Gasteiger partial charge >= 0.3 is 15.0 Å². The van der Waals surface area contributed by atoms with Gasteiger partial charge in [0.15, 0.2) is 0 Å². The van der Waals surface area contributed by atoms with Gasteiger partial charge in [-0.3, -0.25) is 4.90 Å².